The van der Waals surface area contributed by atoms with E-state index in [1.54, 1.807) is 12.1 Å². The van der Waals surface area contributed by atoms with Gasteiger partial charge in [0.2, 0.25) is 0 Å². The molecule has 0 saturated heterocycles. The molecule has 1 aromatic heterocycles. The smallest absolute Gasteiger partial charge is 0.354 e. The Morgan fingerprint density at radius 1 is 1.47 bits per heavy atom. The van der Waals surface area contributed by atoms with Gasteiger partial charge in [0.25, 0.3) is 0 Å². The van der Waals surface area contributed by atoms with Crippen LogP contribution in [-0.2, 0) is 4.74 Å². The second-order valence-corrected chi connectivity index (χ2v) is 4.67. The van der Waals surface area contributed by atoms with Crippen LogP contribution in [0.3, 0.4) is 0 Å². The molecule has 5 heteroatoms. The number of hydrogen-bond donors (Lipinski definition) is 2. The fourth-order valence-corrected chi connectivity index (χ4v) is 1.82. The highest BCUT2D eigenvalue weighted by atomic mass is 16.5. The van der Waals surface area contributed by atoms with E-state index in [1.807, 2.05) is 6.92 Å². The van der Waals surface area contributed by atoms with Gasteiger partial charge >= 0.3 is 5.97 Å². The number of ether oxygens (including phenoxy) is 1. The van der Waals surface area contributed by atoms with Crippen molar-refractivity contribution in [1.82, 2.24) is 4.98 Å². The van der Waals surface area contributed by atoms with Gasteiger partial charge in [-0.25, -0.2) is 9.78 Å². The molecular formula is C14H22N2O3. The Hall–Kier alpha value is -1.62. The average Bonchev–Trinajstić information content (AvgIpc) is 2.38. The molecule has 5 nitrogen and oxygen atoms in total. The summed E-state index contributed by atoms with van der Waals surface area (Å²) in [5.74, 6) is 0.0250. The highest BCUT2D eigenvalue weighted by Crippen LogP contribution is 2.12. The van der Waals surface area contributed by atoms with E-state index in [0.29, 0.717) is 24.9 Å². The molecule has 1 rings (SSSR count). The molecule has 0 spiro atoms. The van der Waals surface area contributed by atoms with E-state index < -0.39 is 5.97 Å². The number of carboxylic acid groups (broad SMARTS) is 1. The molecule has 0 radical (unpaired) electrons. The standard InChI is InChI=1S/C14H22N2O3/c1-4-19-12(10(2)3)8-9-15-13-7-5-6-11(16-13)14(17)18/h5-7,10,12H,4,8-9H2,1-3H3,(H,15,16)(H,17,18). The zero-order chi connectivity index (χ0) is 14.3. The second kappa shape index (κ2) is 7.74. The van der Waals surface area contributed by atoms with Crippen molar-refractivity contribution in [2.75, 3.05) is 18.5 Å². The minimum absolute atomic E-state index is 0.0511. The summed E-state index contributed by atoms with van der Waals surface area (Å²) in [5.41, 5.74) is 0.0511. The van der Waals surface area contributed by atoms with Gasteiger partial charge < -0.3 is 15.2 Å². The molecule has 0 aromatic carbocycles. The predicted molar refractivity (Wildman–Crippen MR) is 74.6 cm³/mol. The Kier molecular flexibility index (Phi) is 6.29. The first-order valence-electron chi connectivity index (χ1n) is 6.60. The maximum atomic E-state index is 10.8. The molecule has 0 fully saturated rings. The van der Waals surface area contributed by atoms with Crippen LogP contribution in [0.1, 0.15) is 37.7 Å². The summed E-state index contributed by atoms with van der Waals surface area (Å²) in [6, 6.07) is 4.92. The van der Waals surface area contributed by atoms with Gasteiger partial charge in [-0.05, 0) is 31.4 Å². The lowest BCUT2D eigenvalue weighted by atomic mass is 10.0. The fraction of sp³-hybridized carbons (Fsp3) is 0.571. The lowest BCUT2D eigenvalue weighted by molar-refractivity contribution is 0.0272. The molecule has 106 valence electrons. The predicted octanol–water partition coefficient (Wildman–Crippen LogP) is 2.64. The van der Waals surface area contributed by atoms with Crippen molar-refractivity contribution in [3.63, 3.8) is 0 Å². The van der Waals surface area contributed by atoms with E-state index in [2.05, 4.69) is 24.1 Å². The number of aromatic nitrogens is 1. The van der Waals surface area contributed by atoms with E-state index in [1.165, 1.54) is 6.07 Å². The van der Waals surface area contributed by atoms with Gasteiger partial charge in [0.15, 0.2) is 5.69 Å². The number of pyridine rings is 1. The van der Waals surface area contributed by atoms with Crippen molar-refractivity contribution in [1.29, 1.82) is 0 Å². The van der Waals surface area contributed by atoms with E-state index in [0.717, 1.165) is 6.42 Å². The molecule has 0 aliphatic carbocycles. The average molecular weight is 266 g/mol. The number of anilines is 1. The second-order valence-electron chi connectivity index (χ2n) is 4.67. The summed E-state index contributed by atoms with van der Waals surface area (Å²) < 4.78 is 5.65. The quantitative estimate of drug-likeness (QED) is 0.757. The lowest BCUT2D eigenvalue weighted by Crippen LogP contribution is -2.23. The van der Waals surface area contributed by atoms with Crippen molar-refractivity contribution >= 4 is 11.8 Å². The summed E-state index contributed by atoms with van der Waals surface area (Å²) in [6.45, 7) is 7.66. The van der Waals surface area contributed by atoms with Crippen LogP contribution in [0.15, 0.2) is 18.2 Å². The van der Waals surface area contributed by atoms with E-state index >= 15 is 0 Å². The third-order valence-corrected chi connectivity index (χ3v) is 2.83. The molecule has 1 heterocycles. The molecule has 1 unspecified atom stereocenters. The molecule has 19 heavy (non-hydrogen) atoms. The van der Waals surface area contributed by atoms with Crippen molar-refractivity contribution in [2.24, 2.45) is 5.92 Å². The highest BCUT2D eigenvalue weighted by Gasteiger charge is 2.12. The van der Waals surface area contributed by atoms with Crippen LogP contribution in [0.4, 0.5) is 5.82 Å². The first-order chi connectivity index (χ1) is 9.04. The molecule has 1 aromatic rings. The Bertz CT molecular complexity index is 407. The van der Waals surface area contributed by atoms with Gasteiger partial charge in [0.05, 0.1) is 6.10 Å². The third-order valence-electron chi connectivity index (χ3n) is 2.83. The maximum Gasteiger partial charge on any atom is 0.354 e. The number of rotatable bonds is 8. The molecule has 1 atom stereocenters. The summed E-state index contributed by atoms with van der Waals surface area (Å²) in [6.07, 6.45) is 1.07. The van der Waals surface area contributed by atoms with Crippen molar-refractivity contribution in [3.8, 4) is 0 Å². The highest BCUT2D eigenvalue weighted by molar-refractivity contribution is 5.85. The number of hydrogen-bond acceptors (Lipinski definition) is 4. The van der Waals surface area contributed by atoms with Crippen LogP contribution in [0.2, 0.25) is 0 Å². The van der Waals surface area contributed by atoms with Crippen molar-refractivity contribution < 1.29 is 14.6 Å². The topological polar surface area (TPSA) is 71.5 Å². The maximum absolute atomic E-state index is 10.8. The van der Waals surface area contributed by atoms with Crippen LogP contribution >= 0.6 is 0 Å². The number of aromatic carboxylic acids is 1. The molecule has 0 saturated carbocycles. The summed E-state index contributed by atoms with van der Waals surface area (Å²) in [5, 5.41) is 12.0. The number of carbonyl (C=O) groups is 1. The minimum Gasteiger partial charge on any atom is -0.477 e. The molecular weight excluding hydrogens is 244 g/mol. The summed E-state index contributed by atoms with van der Waals surface area (Å²) in [7, 11) is 0. The first-order valence-corrected chi connectivity index (χ1v) is 6.60. The summed E-state index contributed by atoms with van der Waals surface area (Å²) in [4.78, 5) is 14.8. The van der Waals surface area contributed by atoms with Crippen molar-refractivity contribution in [2.45, 2.75) is 33.3 Å². The third kappa shape index (κ3) is 5.26. The minimum atomic E-state index is -1.02. The number of carboxylic acids is 1. The van der Waals surface area contributed by atoms with Crippen LogP contribution in [0, 0.1) is 5.92 Å². The largest absolute Gasteiger partial charge is 0.477 e. The van der Waals surface area contributed by atoms with Gasteiger partial charge in [0, 0.05) is 13.2 Å². The number of nitrogens with zero attached hydrogens (tertiary/aromatic N) is 1. The SMILES string of the molecule is CCOC(CCNc1cccc(C(=O)O)n1)C(C)C. The van der Waals surface area contributed by atoms with E-state index in [4.69, 9.17) is 9.84 Å². The zero-order valence-corrected chi connectivity index (χ0v) is 11.7. The zero-order valence-electron chi connectivity index (χ0n) is 11.7. The molecule has 0 aliphatic heterocycles. The monoisotopic (exact) mass is 266 g/mol. The van der Waals surface area contributed by atoms with E-state index in [-0.39, 0.29) is 11.8 Å². The summed E-state index contributed by atoms with van der Waals surface area (Å²) >= 11 is 0. The van der Waals surface area contributed by atoms with Gasteiger partial charge in [-0.15, -0.1) is 0 Å². The van der Waals surface area contributed by atoms with Crippen LogP contribution < -0.4 is 5.32 Å². The molecule has 0 amide bonds. The number of nitrogens with one attached hydrogen (secondary N) is 1. The first kappa shape index (κ1) is 15.4. The molecule has 2 N–H and O–H groups in total. The Balaban J connectivity index is 2.48. The fourth-order valence-electron chi connectivity index (χ4n) is 1.82. The normalized spacial score (nSPS) is 12.4. The molecule has 0 bridgehead atoms. The Labute approximate surface area is 114 Å². The van der Waals surface area contributed by atoms with E-state index in [9.17, 15) is 4.79 Å². The van der Waals surface area contributed by atoms with Gasteiger partial charge in [0.1, 0.15) is 5.82 Å². The van der Waals surface area contributed by atoms with Gasteiger partial charge in [-0.2, -0.15) is 0 Å². The van der Waals surface area contributed by atoms with Crippen molar-refractivity contribution in [3.05, 3.63) is 23.9 Å². The van der Waals surface area contributed by atoms with Crippen LogP contribution in [-0.4, -0.2) is 35.3 Å². The van der Waals surface area contributed by atoms with Gasteiger partial charge in [-0.3, -0.25) is 0 Å². The Morgan fingerprint density at radius 3 is 2.79 bits per heavy atom. The van der Waals surface area contributed by atoms with Gasteiger partial charge in [-0.1, -0.05) is 19.9 Å². The van der Waals surface area contributed by atoms with Crippen LogP contribution in [0.25, 0.3) is 0 Å². The Morgan fingerprint density at radius 2 is 2.21 bits per heavy atom. The van der Waals surface area contributed by atoms with Crippen LogP contribution in [0.5, 0.6) is 0 Å². The molecule has 0 aliphatic rings. The lowest BCUT2D eigenvalue weighted by Gasteiger charge is -2.21.